The Hall–Kier alpha value is -3.19. The normalized spacial score (nSPS) is 14.5. The van der Waals surface area contributed by atoms with Gasteiger partial charge in [-0.2, -0.15) is 0 Å². The van der Waals surface area contributed by atoms with E-state index in [0.29, 0.717) is 29.0 Å². The van der Waals surface area contributed by atoms with Crippen LogP contribution in [0.1, 0.15) is 72.7 Å². The van der Waals surface area contributed by atoms with Crippen molar-refractivity contribution in [3.8, 4) is 0 Å². The molecule has 7 nitrogen and oxygen atoms in total. The van der Waals surface area contributed by atoms with Gasteiger partial charge in [-0.3, -0.25) is 24.1 Å². The number of nitrogens with one attached hydrogen (secondary N) is 1. The summed E-state index contributed by atoms with van der Waals surface area (Å²) in [5, 5.41) is 3.57. The highest BCUT2D eigenvalue weighted by atomic mass is 35.5. The maximum atomic E-state index is 13.4. The first kappa shape index (κ1) is 26.4. The summed E-state index contributed by atoms with van der Waals surface area (Å²) in [6, 6.07) is 13.3. The minimum absolute atomic E-state index is 0.00198. The quantitative estimate of drug-likeness (QED) is 0.465. The molecular formula is C27H32ClN3O4. The third-order valence-electron chi connectivity index (χ3n) is 6.30. The van der Waals surface area contributed by atoms with Gasteiger partial charge in [0.2, 0.25) is 11.8 Å². The molecule has 1 aliphatic rings. The first-order valence-electron chi connectivity index (χ1n) is 12.1. The minimum Gasteiger partial charge on any atom is -0.352 e. The molecule has 35 heavy (non-hydrogen) atoms. The van der Waals surface area contributed by atoms with Crippen molar-refractivity contribution in [2.75, 3.05) is 6.54 Å². The SMILES string of the molecule is CC[C@@H](C)NC(=O)[C@H](CC)N(Cc1ccc(Cl)cc1)C(=O)CCCN1C(=O)c2ccccc2C1=O. The monoisotopic (exact) mass is 497 g/mol. The molecule has 1 aliphatic heterocycles. The lowest BCUT2D eigenvalue weighted by atomic mass is 10.1. The number of imide groups is 1. The van der Waals surface area contributed by atoms with E-state index in [0.717, 1.165) is 12.0 Å². The zero-order chi connectivity index (χ0) is 25.5. The lowest BCUT2D eigenvalue weighted by Gasteiger charge is -2.31. The fourth-order valence-electron chi connectivity index (χ4n) is 4.12. The fraction of sp³-hybridized carbons (Fsp3) is 0.407. The van der Waals surface area contributed by atoms with Gasteiger partial charge in [0.1, 0.15) is 6.04 Å². The Kier molecular flexibility index (Phi) is 9.04. The van der Waals surface area contributed by atoms with Crippen LogP contribution in [-0.4, -0.2) is 52.1 Å². The second kappa shape index (κ2) is 12.0. The van der Waals surface area contributed by atoms with Crippen molar-refractivity contribution in [1.29, 1.82) is 0 Å². The number of benzene rings is 2. The molecule has 0 saturated carbocycles. The summed E-state index contributed by atoms with van der Waals surface area (Å²) in [4.78, 5) is 54.4. The zero-order valence-corrected chi connectivity index (χ0v) is 21.2. The highest BCUT2D eigenvalue weighted by Crippen LogP contribution is 2.23. The number of nitrogens with zero attached hydrogens (tertiary/aromatic N) is 2. The third kappa shape index (κ3) is 6.28. The maximum absolute atomic E-state index is 13.4. The molecule has 1 N–H and O–H groups in total. The Labute approximate surface area is 211 Å². The van der Waals surface area contributed by atoms with Crippen LogP contribution >= 0.6 is 11.6 Å². The van der Waals surface area contributed by atoms with Gasteiger partial charge in [0.25, 0.3) is 11.8 Å². The van der Waals surface area contributed by atoms with Crippen LogP contribution < -0.4 is 5.32 Å². The fourth-order valence-corrected chi connectivity index (χ4v) is 4.25. The first-order chi connectivity index (χ1) is 16.8. The number of carbonyl (C=O) groups is 4. The number of carbonyl (C=O) groups excluding carboxylic acids is 4. The summed E-state index contributed by atoms with van der Waals surface area (Å²) in [6.45, 7) is 6.19. The Bertz CT molecular complexity index is 1050. The second-order valence-electron chi connectivity index (χ2n) is 8.80. The highest BCUT2D eigenvalue weighted by molar-refractivity contribution is 6.30. The highest BCUT2D eigenvalue weighted by Gasteiger charge is 2.35. The Morgan fingerprint density at radius 2 is 1.57 bits per heavy atom. The van der Waals surface area contributed by atoms with Crippen LogP contribution in [0.2, 0.25) is 5.02 Å². The van der Waals surface area contributed by atoms with E-state index in [2.05, 4.69) is 5.32 Å². The van der Waals surface area contributed by atoms with Crippen LogP contribution in [0.3, 0.4) is 0 Å². The number of hydrogen-bond donors (Lipinski definition) is 1. The number of fused-ring (bicyclic) bond motifs is 1. The van der Waals surface area contributed by atoms with Gasteiger partial charge >= 0.3 is 0 Å². The van der Waals surface area contributed by atoms with Gasteiger partial charge in [-0.05, 0) is 56.0 Å². The van der Waals surface area contributed by atoms with Gasteiger partial charge in [-0.15, -0.1) is 0 Å². The van der Waals surface area contributed by atoms with Gasteiger partial charge < -0.3 is 10.2 Å². The van der Waals surface area contributed by atoms with Crippen LogP contribution in [-0.2, 0) is 16.1 Å². The van der Waals surface area contributed by atoms with Crippen molar-refractivity contribution < 1.29 is 19.2 Å². The smallest absolute Gasteiger partial charge is 0.261 e. The van der Waals surface area contributed by atoms with Crippen molar-refractivity contribution >= 4 is 35.2 Å². The predicted molar refractivity (Wildman–Crippen MR) is 135 cm³/mol. The summed E-state index contributed by atoms with van der Waals surface area (Å²) in [7, 11) is 0. The molecule has 0 bridgehead atoms. The number of amides is 4. The Morgan fingerprint density at radius 3 is 2.11 bits per heavy atom. The van der Waals surface area contributed by atoms with Gasteiger partial charge in [0.15, 0.2) is 0 Å². The lowest BCUT2D eigenvalue weighted by molar-refractivity contribution is -0.141. The zero-order valence-electron chi connectivity index (χ0n) is 20.4. The molecule has 0 fully saturated rings. The predicted octanol–water partition coefficient (Wildman–Crippen LogP) is 4.44. The average Bonchev–Trinajstić information content (AvgIpc) is 3.09. The van der Waals surface area contributed by atoms with Crippen LogP contribution in [0, 0.1) is 0 Å². The van der Waals surface area contributed by atoms with Gasteiger partial charge in [-0.25, -0.2) is 0 Å². The topological polar surface area (TPSA) is 86.8 Å². The largest absolute Gasteiger partial charge is 0.352 e. The van der Waals surface area contributed by atoms with Gasteiger partial charge in [-0.1, -0.05) is 49.7 Å². The van der Waals surface area contributed by atoms with E-state index in [9.17, 15) is 19.2 Å². The second-order valence-corrected chi connectivity index (χ2v) is 9.24. The van der Waals surface area contributed by atoms with E-state index in [1.54, 1.807) is 41.3 Å². The van der Waals surface area contributed by atoms with Crippen molar-refractivity contribution in [3.05, 3.63) is 70.2 Å². The molecule has 2 aromatic carbocycles. The van der Waals surface area contributed by atoms with Crippen molar-refractivity contribution in [3.63, 3.8) is 0 Å². The van der Waals surface area contributed by atoms with Crippen LogP contribution in [0.5, 0.6) is 0 Å². The lowest BCUT2D eigenvalue weighted by Crippen LogP contribution is -2.50. The van der Waals surface area contributed by atoms with Gasteiger partial charge in [0, 0.05) is 30.6 Å². The maximum Gasteiger partial charge on any atom is 0.261 e. The number of hydrogen-bond acceptors (Lipinski definition) is 4. The molecule has 3 rings (SSSR count). The number of rotatable bonds is 11. The molecule has 0 unspecified atom stereocenters. The Morgan fingerprint density at radius 1 is 0.971 bits per heavy atom. The van der Waals surface area contributed by atoms with E-state index in [-0.39, 0.29) is 49.2 Å². The van der Waals surface area contributed by atoms with E-state index < -0.39 is 6.04 Å². The molecule has 1 heterocycles. The molecule has 2 aromatic rings. The van der Waals surface area contributed by atoms with E-state index in [4.69, 9.17) is 11.6 Å². The minimum atomic E-state index is -0.633. The summed E-state index contributed by atoms with van der Waals surface area (Å²) < 4.78 is 0. The van der Waals surface area contributed by atoms with Crippen LogP contribution in [0.25, 0.3) is 0 Å². The van der Waals surface area contributed by atoms with Crippen molar-refractivity contribution in [2.45, 2.75) is 65.1 Å². The first-order valence-corrected chi connectivity index (χ1v) is 12.4. The molecule has 8 heteroatoms. The van der Waals surface area contributed by atoms with Crippen molar-refractivity contribution in [1.82, 2.24) is 15.1 Å². The molecule has 186 valence electrons. The molecule has 4 amide bonds. The summed E-state index contributed by atoms with van der Waals surface area (Å²) in [5.74, 6) is -1.07. The molecule has 2 atom stereocenters. The molecule has 0 aromatic heterocycles. The summed E-state index contributed by atoms with van der Waals surface area (Å²) in [5.41, 5.74) is 1.64. The molecule has 0 spiro atoms. The third-order valence-corrected chi connectivity index (χ3v) is 6.56. The number of halogens is 1. The standard InChI is InChI=1S/C27H32ClN3O4/c1-4-18(3)29-25(33)23(5-2)31(17-19-12-14-20(28)15-13-19)24(32)11-8-16-30-26(34)21-9-6-7-10-22(21)27(30)35/h6-7,9-10,12-15,18,23H,4-5,8,11,16-17H2,1-3H3,(H,29,33)/t18-,23+/m1/s1. The summed E-state index contributed by atoms with van der Waals surface area (Å²) in [6.07, 6.45) is 1.66. The van der Waals surface area contributed by atoms with Crippen molar-refractivity contribution in [2.24, 2.45) is 0 Å². The molecule has 0 aliphatic carbocycles. The van der Waals surface area contributed by atoms with Crippen LogP contribution in [0.15, 0.2) is 48.5 Å². The summed E-state index contributed by atoms with van der Waals surface area (Å²) >= 11 is 6.01. The van der Waals surface area contributed by atoms with E-state index >= 15 is 0 Å². The molecular weight excluding hydrogens is 466 g/mol. The van der Waals surface area contributed by atoms with Gasteiger partial charge in [0.05, 0.1) is 11.1 Å². The van der Waals surface area contributed by atoms with E-state index in [1.807, 2.05) is 32.9 Å². The molecule has 0 saturated heterocycles. The average molecular weight is 498 g/mol. The molecule has 0 radical (unpaired) electrons. The van der Waals surface area contributed by atoms with E-state index in [1.165, 1.54) is 4.90 Å². The Balaban J connectivity index is 1.71. The van der Waals surface area contributed by atoms with Crippen LogP contribution in [0.4, 0.5) is 0 Å².